The van der Waals surface area contributed by atoms with Crippen LogP contribution < -0.4 is 10.6 Å². The Balaban J connectivity index is 1.45. The highest BCUT2D eigenvalue weighted by Gasteiger charge is 2.37. The fourth-order valence-electron chi connectivity index (χ4n) is 2.18. The Kier molecular flexibility index (Phi) is 2.81. The number of carbonyl (C=O) groups is 2. The standard InChI is InChI=1S/C13H20N2O2/c16-12(9-3-4-9)14-7-11(8-1-2-8)15-13(17)10-5-6-10/h8-11H,1-7H2,(H,14,16)(H,15,17)/t11-/m1/s1. The molecule has 3 aliphatic rings. The quantitative estimate of drug-likeness (QED) is 0.717. The van der Waals surface area contributed by atoms with Crippen molar-refractivity contribution in [2.75, 3.05) is 6.54 Å². The summed E-state index contributed by atoms with van der Waals surface area (Å²) in [6, 6.07) is 0.172. The van der Waals surface area contributed by atoms with Gasteiger partial charge in [-0.25, -0.2) is 0 Å². The number of hydrogen-bond donors (Lipinski definition) is 2. The average molecular weight is 236 g/mol. The van der Waals surface area contributed by atoms with E-state index in [0.717, 1.165) is 25.7 Å². The Morgan fingerprint density at radius 1 is 0.941 bits per heavy atom. The molecule has 0 unspecified atom stereocenters. The molecule has 0 aliphatic heterocycles. The molecule has 94 valence electrons. The van der Waals surface area contributed by atoms with Gasteiger partial charge in [0.15, 0.2) is 0 Å². The van der Waals surface area contributed by atoms with Crippen LogP contribution in [-0.2, 0) is 9.59 Å². The van der Waals surface area contributed by atoms with E-state index in [0.29, 0.717) is 12.5 Å². The Bertz CT molecular complexity index is 330. The molecule has 0 aromatic heterocycles. The molecule has 0 aromatic carbocycles. The summed E-state index contributed by atoms with van der Waals surface area (Å²) < 4.78 is 0. The smallest absolute Gasteiger partial charge is 0.223 e. The van der Waals surface area contributed by atoms with Gasteiger partial charge in [0.05, 0.1) is 0 Å². The first-order chi connectivity index (χ1) is 8.24. The van der Waals surface area contributed by atoms with E-state index in [4.69, 9.17) is 0 Å². The second kappa shape index (κ2) is 4.31. The summed E-state index contributed by atoms with van der Waals surface area (Å²) in [5, 5.41) is 6.08. The van der Waals surface area contributed by atoms with E-state index >= 15 is 0 Å². The molecule has 4 heteroatoms. The van der Waals surface area contributed by atoms with Crippen LogP contribution in [0, 0.1) is 17.8 Å². The van der Waals surface area contributed by atoms with Gasteiger partial charge in [-0.15, -0.1) is 0 Å². The predicted octanol–water partition coefficient (Wildman–Crippen LogP) is 0.817. The highest BCUT2D eigenvalue weighted by atomic mass is 16.2. The lowest BCUT2D eigenvalue weighted by molar-refractivity contribution is -0.125. The fourth-order valence-corrected chi connectivity index (χ4v) is 2.18. The minimum absolute atomic E-state index is 0.172. The van der Waals surface area contributed by atoms with Crippen molar-refractivity contribution in [2.45, 2.75) is 44.6 Å². The monoisotopic (exact) mass is 236 g/mol. The molecule has 3 fully saturated rings. The molecule has 0 spiro atoms. The van der Waals surface area contributed by atoms with E-state index in [1.54, 1.807) is 0 Å². The Hall–Kier alpha value is -1.06. The van der Waals surface area contributed by atoms with Gasteiger partial charge >= 0.3 is 0 Å². The first kappa shape index (κ1) is 11.1. The average Bonchev–Trinajstić information content (AvgIpc) is 3.19. The summed E-state index contributed by atoms with van der Waals surface area (Å²) in [6.45, 7) is 0.623. The number of carbonyl (C=O) groups excluding carboxylic acids is 2. The van der Waals surface area contributed by atoms with E-state index in [-0.39, 0.29) is 29.7 Å². The van der Waals surface area contributed by atoms with Gasteiger partial charge in [0.25, 0.3) is 0 Å². The summed E-state index contributed by atoms with van der Waals surface area (Å²) in [4.78, 5) is 23.3. The number of rotatable bonds is 6. The Morgan fingerprint density at radius 2 is 1.53 bits per heavy atom. The van der Waals surface area contributed by atoms with Crippen molar-refractivity contribution < 1.29 is 9.59 Å². The van der Waals surface area contributed by atoms with Gasteiger partial charge in [-0.2, -0.15) is 0 Å². The maximum absolute atomic E-state index is 11.7. The van der Waals surface area contributed by atoms with Crippen LogP contribution in [0.25, 0.3) is 0 Å². The maximum atomic E-state index is 11.7. The zero-order chi connectivity index (χ0) is 11.8. The number of hydrogen-bond acceptors (Lipinski definition) is 2. The maximum Gasteiger partial charge on any atom is 0.223 e. The van der Waals surface area contributed by atoms with Gasteiger partial charge in [-0.3, -0.25) is 9.59 Å². The molecule has 17 heavy (non-hydrogen) atoms. The van der Waals surface area contributed by atoms with Crippen LogP contribution in [0.15, 0.2) is 0 Å². The molecule has 0 bridgehead atoms. The topological polar surface area (TPSA) is 58.2 Å². The zero-order valence-corrected chi connectivity index (χ0v) is 10.1. The van der Waals surface area contributed by atoms with Crippen molar-refractivity contribution in [1.29, 1.82) is 0 Å². The SMILES string of the molecule is O=C(NC[C@@H](NC(=O)C1CC1)C1CC1)C1CC1. The normalized spacial score (nSPS) is 25.2. The van der Waals surface area contributed by atoms with Gasteiger partial charge in [-0.05, 0) is 44.4 Å². The van der Waals surface area contributed by atoms with Crippen LogP contribution in [0.3, 0.4) is 0 Å². The molecule has 4 nitrogen and oxygen atoms in total. The molecule has 0 heterocycles. The number of amides is 2. The van der Waals surface area contributed by atoms with E-state index < -0.39 is 0 Å². The molecule has 3 saturated carbocycles. The predicted molar refractivity (Wildman–Crippen MR) is 63.1 cm³/mol. The van der Waals surface area contributed by atoms with E-state index in [9.17, 15) is 9.59 Å². The van der Waals surface area contributed by atoms with E-state index in [1.165, 1.54) is 12.8 Å². The van der Waals surface area contributed by atoms with Crippen molar-refractivity contribution in [3.05, 3.63) is 0 Å². The van der Waals surface area contributed by atoms with Crippen LogP contribution in [0.1, 0.15) is 38.5 Å². The third-order valence-corrected chi connectivity index (χ3v) is 3.91. The molecular weight excluding hydrogens is 216 g/mol. The van der Waals surface area contributed by atoms with Crippen LogP contribution in [0.5, 0.6) is 0 Å². The molecule has 1 atom stereocenters. The molecular formula is C13H20N2O2. The first-order valence-electron chi connectivity index (χ1n) is 6.82. The van der Waals surface area contributed by atoms with Gasteiger partial charge in [-0.1, -0.05) is 0 Å². The van der Waals surface area contributed by atoms with Crippen molar-refractivity contribution in [3.63, 3.8) is 0 Å². The van der Waals surface area contributed by atoms with Crippen molar-refractivity contribution >= 4 is 11.8 Å². The molecule has 3 rings (SSSR count). The third kappa shape index (κ3) is 2.99. The van der Waals surface area contributed by atoms with Gasteiger partial charge < -0.3 is 10.6 Å². The zero-order valence-electron chi connectivity index (χ0n) is 10.1. The highest BCUT2D eigenvalue weighted by Crippen LogP contribution is 2.34. The minimum Gasteiger partial charge on any atom is -0.354 e. The summed E-state index contributed by atoms with van der Waals surface area (Å²) in [7, 11) is 0. The van der Waals surface area contributed by atoms with Gasteiger partial charge in [0.2, 0.25) is 11.8 Å². The van der Waals surface area contributed by atoms with Crippen LogP contribution in [0.2, 0.25) is 0 Å². The molecule has 3 aliphatic carbocycles. The fraction of sp³-hybridized carbons (Fsp3) is 0.846. The first-order valence-corrected chi connectivity index (χ1v) is 6.82. The van der Waals surface area contributed by atoms with E-state index in [2.05, 4.69) is 10.6 Å². The van der Waals surface area contributed by atoms with Crippen LogP contribution in [0.4, 0.5) is 0 Å². The van der Waals surface area contributed by atoms with Crippen LogP contribution >= 0.6 is 0 Å². The lowest BCUT2D eigenvalue weighted by atomic mass is 10.1. The second-order valence-corrected chi connectivity index (χ2v) is 5.75. The lowest BCUT2D eigenvalue weighted by Gasteiger charge is -2.18. The van der Waals surface area contributed by atoms with Crippen molar-refractivity contribution in [2.24, 2.45) is 17.8 Å². The molecule has 2 N–H and O–H groups in total. The van der Waals surface area contributed by atoms with Gasteiger partial charge in [0.1, 0.15) is 0 Å². The molecule has 0 saturated heterocycles. The lowest BCUT2D eigenvalue weighted by Crippen LogP contribution is -2.45. The summed E-state index contributed by atoms with van der Waals surface area (Å²) in [5.74, 6) is 1.49. The van der Waals surface area contributed by atoms with Crippen LogP contribution in [-0.4, -0.2) is 24.4 Å². The Morgan fingerprint density at radius 3 is 2.06 bits per heavy atom. The molecule has 0 aromatic rings. The van der Waals surface area contributed by atoms with Gasteiger partial charge in [0, 0.05) is 24.4 Å². The summed E-state index contributed by atoms with van der Waals surface area (Å²) in [6.07, 6.45) is 6.53. The number of nitrogens with one attached hydrogen (secondary N) is 2. The van der Waals surface area contributed by atoms with E-state index in [1.807, 2.05) is 0 Å². The third-order valence-electron chi connectivity index (χ3n) is 3.91. The Labute approximate surface area is 102 Å². The van der Waals surface area contributed by atoms with Crippen molar-refractivity contribution in [1.82, 2.24) is 10.6 Å². The summed E-state index contributed by atoms with van der Waals surface area (Å²) in [5.41, 5.74) is 0. The largest absolute Gasteiger partial charge is 0.354 e. The highest BCUT2D eigenvalue weighted by molar-refractivity contribution is 5.82. The molecule has 2 amide bonds. The second-order valence-electron chi connectivity index (χ2n) is 5.75. The minimum atomic E-state index is 0.172. The van der Waals surface area contributed by atoms with Crippen molar-refractivity contribution in [3.8, 4) is 0 Å². The summed E-state index contributed by atoms with van der Waals surface area (Å²) >= 11 is 0. The molecule has 0 radical (unpaired) electrons.